The van der Waals surface area contributed by atoms with E-state index in [-0.39, 0.29) is 18.1 Å². The third kappa shape index (κ3) is 3.95. The Morgan fingerprint density at radius 1 is 1.21 bits per heavy atom. The molecule has 4 aromatic rings. The van der Waals surface area contributed by atoms with E-state index in [1.54, 1.807) is 36.1 Å². The molecule has 0 bridgehead atoms. The van der Waals surface area contributed by atoms with E-state index in [9.17, 15) is 9.59 Å². The first-order valence-electron chi connectivity index (χ1n) is 10.4. The lowest BCUT2D eigenvalue weighted by Crippen LogP contribution is -2.36. The van der Waals surface area contributed by atoms with Gasteiger partial charge >= 0.3 is 0 Å². The molecule has 0 unspecified atom stereocenters. The molecule has 2 aromatic heterocycles. The highest BCUT2D eigenvalue weighted by Gasteiger charge is 2.33. The number of rotatable bonds is 4. The van der Waals surface area contributed by atoms with Crippen LogP contribution in [-0.2, 0) is 0 Å². The van der Waals surface area contributed by atoms with Gasteiger partial charge in [-0.3, -0.25) is 9.59 Å². The number of methoxy groups -OCH3 is 1. The number of anilines is 1. The van der Waals surface area contributed by atoms with Gasteiger partial charge in [-0.15, -0.1) is 0 Å². The van der Waals surface area contributed by atoms with Crippen molar-refractivity contribution in [1.29, 1.82) is 0 Å². The van der Waals surface area contributed by atoms with Crippen molar-refractivity contribution in [1.82, 2.24) is 14.8 Å². The molecule has 168 valence electrons. The number of thiazole rings is 1. The van der Waals surface area contributed by atoms with Crippen molar-refractivity contribution in [3.05, 3.63) is 59.3 Å². The number of nitrogens with zero attached hydrogens (tertiary/aromatic N) is 3. The van der Waals surface area contributed by atoms with Crippen molar-refractivity contribution < 1.29 is 19.1 Å². The lowest BCUT2D eigenvalue weighted by atomic mass is 9.92. The van der Waals surface area contributed by atoms with Crippen molar-refractivity contribution in [3.8, 4) is 16.6 Å². The molecule has 0 aliphatic carbocycles. The van der Waals surface area contributed by atoms with E-state index >= 15 is 0 Å². The third-order valence-corrected chi connectivity index (χ3v) is 6.35. The molecule has 8 nitrogen and oxygen atoms in total. The van der Waals surface area contributed by atoms with Crippen LogP contribution < -0.4 is 14.8 Å². The summed E-state index contributed by atoms with van der Waals surface area (Å²) >= 11 is 1.45. The van der Waals surface area contributed by atoms with Gasteiger partial charge in [0.2, 0.25) is 5.13 Å². The highest BCUT2D eigenvalue weighted by Crippen LogP contribution is 2.34. The van der Waals surface area contributed by atoms with Crippen LogP contribution in [0.15, 0.2) is 42.5 Å². The smallest absolute Gasteiger partial charge is 0.256 e. The van der Waals surface area contributed by atoms with E-state index in [4.69, 9.17) is 9.47 Å². The molecular formula is C24H22N4O4S. The largest absolute Gasteiger partial charge is 0.497 e. The quantitative estimate of drug-likeness (QED) is 0.468. The number of ketones is 1. The SMILES string of the molecule is COc1ccc2nc(-n3nc(C)cc3NC(=O)c3ccc4c(c3)C(=O)CC(C)(C)O4)sc2c1. The van der Waals surface area contributed by atoms with E-state index in [0.29, 0.717) is 27.8 Å². The normalized spacial score (nSPS) is 14.6. The number of nitrogens with one attached hydrogen (secondary N) is 1. The summed E-state index contributed by atoms with van der Waals surface area (Å²) < 4.78 is 13.7. The molecule has 0 fully saturated rings. The van der Waals surface area contributed by atoms with Gasteiger partial charge in [-0.05, 0) is 57.2 Å². The minimum atomic E-state index is -0.556. The molecule has 1 amide bonds. The van der Waals surface area contributed by atoms with Gasteiger partial charge in [-0.2, -0.15) is 9.78 Å². The Labute approximate surface area is 194 Å². The van der Waals surface area contributed by atoms with Gasteiger partial charge in [0.1, 0.15) is 22.9 Å². The monoisotopic (exact) mass is 462 g/mol. The van der Waals surface area contributed by atoms with Crippen LogP contribution in [0.1, 0.15) is 46.7 Å². The maximum absolute atomic E-state index is 13.0. The number of hydrogen-bond donors (Lipinski definition) is 1. The maximum Gasteiger partial charge on any atom is 0.256 e. The van der Waals surface area contributed by atoms with E-state index in [1.807, 2.05) is 39.0 Å². The molecule has 1 aliphatic rings. The van der Waals surface area contributed by atoms with Crippen LogP contribution in [0.5, 0.6) is 11.5 Å². The molecular weight excluding hydrogens is 440 g/mol. The molecule has 0 saturated heterocycles. The second-order valence-electron chi connectivity index (χ2n) is 8.54. The number of ether oxygens (including phenoxy) is 2. The topological polar surface area (TPSA) is 95.3 Å². The Kier molecular flexibility index (Phi) is 4.93. The molecule has 0 radical (unpaired) electrons. The number of hydrogen-bond acceptors (Lipinski definition) is 7. The minimum Gasteiger partial charge on any atom is -0.497 e. The first-order valence-corrected chi connectivity index (χ1v) is 11.2. The van der Waals surface area contributed by atoms with Crippen LogP contribution in [0.25, 0.3) is 15.3 Å². The number of aromatic nitrogens is 3. The van der Waals surface area contributed by atoms with Crippen LogP contribution in [0.3, 0.4) is 0 Å². The average molecular weight is 463 g/mol. The number of benzene rings is 2. The Hall–Kier alpha value is -3.72. The molecule has 1 N–H and O–H groups in total. The molecule has 1 aliphatic heterocycles. The third-order valence-electron chi connectivity index (χ3n) is 5.35. The van der Waals surface area contributed by atoms with Gasteiger partial charge in [-0.25, -0.2) is 4.98 Å². The van der Waals surface area contributed by atoms with Crippen molar-refractivity contribution >= 4 is 39.1 Å². The summed E-state index contributed by atoms with van der Waals surface area (Å²) in [5.74, 6) is 1.35. The van der Waals surface area contributed by atoms with Crippen LogP contribution in [-0.4, -0.2) is 39.2 Å². The first kappa shape index (κ1) is 21.1. The van der Waals surface area contributed by atoms with Gasteiger partial charge in [0, 0.05) is 11.6 Å². The lowest BCUT2D eigenvalue weighted by molar-refractivity contribution is 0.0620. The van der Waals surface area contributed by atoms with E-state index in [1.165, 1.54) is 11.3 Å². The van der Waals surface area contributed by atoms with E-state index in [2.05, 4.69) is 15.4 Å². The van der Waals surface area contributed by atoms with Gasteiger partial charge in [0.25, 0.3) is 5.91 Å². The Bertz CT molecular complexity index is 1420. The summed E-state index contributed by atoms with van der Waals surface area (Å²) in [7, 11) is 1.62. The summed E-state index contributed by atoms with van der Waals surface area (Å²) in [6.07, 6.45) is 0.263. The predicted octanol–water partition coefficient (Wildman–Crippen LogP) is 4.80. The molecule has 2 aromatic carbocycles. The summed E-state index contributed by atoms with van der Waals surface area (Å²) in [5.41, 5.74) is 1.78. The number of amides is 1. The van der Waals surface area contributed by atoms with Gasteiger partial charge in [0.05, 0.1) is 35.0 Å². The highest BCUT2D eigenvalue weighted by atomic mass is 32.1. The Balaban J connectivity index is 1.45. The van der Waals surface area contributed by atoms with Gasteiger partial charge in [0.15, 0.2) is 5.78 Å². The number of Topliss-reactive ketones (excluding diaryl/α,β-unsaturated/α-hetero) is 1. The zero-order valence-electron chi connectivity index (χ0n) is 18.6. The number of fused-ring (bicyclic) bond motifs is 2. The van der Waals surface area contributed by atoms with Crippen molar-refractivity contribution in [2.75, 3.05) is 12.4 Å². The van der Waals surface area contributed by atoms with Crippen LogP contribution in [0.4, 0.5) is 5.82 Å². The lowest BCUT2D eigenvalue weighted by Gasteiger charge is -2.31. The van der Waals surface area contributed by atoms with Gasteiger partial charge < -0.3 is 14.8 Å². The Morgan fingerprint density at radius 2 is 2.03 bits per heavy atom. The molecule has 33 heavy (non-hydrogen) atoms. The van der Waals surface area contributed by atoms with Crippen molar-refractivity contribution in [2.24, 2.45) is 0 Å². The molecule has 0 saturated carbocycles. The van der Waals surface area contributed by atoms with Crippen molar-refractivity contribution in [3.63, 3.8) is 0 Å². The summed E-state index contributed by atoms with van der Waals surface area (Å²) in [5, 5.41) is 8.03. The first-order chi connectivity index (χ1) is 15.7. The zero-order chi connectivity index (χ0) is 23.3. The average Bonchev–Trinajstić information content (AvgIpc) is 3.34. The number of carbonyl (C=O) groups is 2. The van der Waals surface area contributed by atoms with E-state index in [0.717, 1.165) is 21.7 Å². The van der Waals surface area contributed by atoms with Crippen LogP contribution in [0, 0.1) is 6.92 Å². The maximum atomic E-state index is 13.0. The molecule has 9 heteroatoms. The molecule has 0 atom stereocenters. The van der Waals surface area contributed by atoms with Gasteiger partial charge in [-0.1, -0.05) is 11.3 Å². The van der Waals surface area contributed by atoms with Crippen LogP contribution >= 0.6 is 11.3 Å². The molecule has 3 heterocycles. The fraction of sp³-hybridized carbons (Fsp3) is 0.250. The highest BCUT2D eigenvalue weighted by molar-refractivity contribution is 7.20. The minimum absolute atomic E-state index is 0.0401. The van der Waals surface area contributed by atoms with Crippen molar-refractivity contribution in [2.45, 2.75) is 32.8 Å². The van der Waals surface area contributed by atoms with E-state index < -0.39 is 5.60 Å². The summed E-state index contributed by atoms with van der Waals surface area (Å²) in [6.45, 7) is 5.59. The summed E-state index contributed by atoms with van der Waals surface area (Å²) in [4.78, 5) is 30.3. The molecule has 0 spiro atoms. The number of aryl methyl sites for hydroxylation is 1. The fourth-order valence-corrected chi connectivity index (χ4v) is 4.79. The summed E-state index contributed by atoms with van der Waals surface area (Å²) in [6, 6.07) is 12.3. The van der Waals surface area contributed by atoms with Crippen LogP contribution in [0.2, 0.25) is 0 Å². The predicted molar refractivity (Wildman–Crippen MR) is 126 cm³/mol. The zero-order valence-corrected chi connectivity index (χ0v) is 19.4. The number of carbonyl (C=O) groups excluding carboxylic acids is 2. The standard InChI is InChI=1S/C24H22N4O4S/c1-13-9-21(28(27-13)23-25-17-7-6-15(31-4)11-20(17)33-23)26-22(30)14-5-8-19-16(10-14)18(29)12-24(2,3)32-19/h5-11H,12H2,1-4H3,(H,26,30). The Morgan fingerprint density at radius 3 is 2.82 bits per heavy atom. The second kappa shape index (κ2) is 7.70. The fourth-order valence-electron chi connectivity index (χ4n) is 3.83. The molecule has 5 rings (SSSR count). The second-order valence-corrected chi connectivity index (χ2v) is 9.55.